The van der Waals surface area contributed by atoms with Crippen molar-refractivity contribution in [3.8, 4) is 6.07 Å². The highest BCUT2D eigenvalue weighted by atomic mass is 15.1. The third-order valence-corrected chi connectivity index (χ3v) is 2.91. The van der Waals surface area contributed by atoms with E-state index in [4.69, 9.17) is 5.26 Å². The number of pyridine rings is 1. The standard InChI is InChI=1S/C12H16N4/c1-9-4-6-15-12(11(9)7-13)16-10-3-2-5-14-8-10/h4,6,10,14H,2-3,5,8H2,1H3,(H,15,16). The van der Waals surface area contributed by atoms with Gasteiger partial charge in [0, 0.05) is 18.8 Å². The van der Waals surface area contributed by atoms with Crippen LogP contribution in [0.2, 0.25) is 0 Å². The third-order valence-electron chi connectivity index (χ3n) is 2.91. The fourth-order valence-electron chi connectivity index (χ4n) is 1.98. The Hall–Kier alpha value is -1.60. The van der Waals surface area contributed by atoms with Gasteiger partial charge >= 0.3 is 0 Å². The van der Waals surface area contributed by atoms with Crippen molar-refractivity contribution in [2.45, 2.75) is 25.8 Å². The summed E-state index contributed by atoms with van der Waals surface area (Å²) in [4.78, 5) is 4.24. The first-order valence-electron chi connectivity index (χ1n) is 5.64. The molecule has 2 heterocycles. The molecule has 0 saturated carbocycles. The number of hydrogen-bond donors (Lipinski definition) is 2. The van der Waals surface area contributed by atoms with Crippen LogP contribution in [-0.4, -0.2) is 24.1 Å². The second-order valence-electron chi connectivity index (χ2n) is 4.15. The molecule has 1 aliphatic heterocycles. The van der Waals surface area contributed by atoms with Crippen molar-refractivity contribution in [1.82, 2.24) is 10.3 Å². The second-order valence-corrected chi connectivity index (χ2v) is 4.15. The van der Waals surface area contributed by atoms with Gasteiger partial charge in [-0.3, -0.25) is 0 Å². The molecule has 1 fully saturated rings. The lowest BCUT2D eigenvalue weighted by Gasteiger charge is -2.24. The minimum absolute atomic E-state index is 0.384. The Balaban J connectivity index is 2.14. The highest BCUT2D eigenvalue weighted by Crippen LogP contribution is 2.17. The van der Waals surface area contributed by atoms with Crippen molar-refractivity contribution in [2.24, 2.45) is 0 Å². The van der Waals surface area contributed by atoms with Crippen LogP contribution in [0, 0.1) is 18.3 Å². The van der Waals surface area contributed by atoms with Gasteiger partial charge in [0.2, 0.25) is 0 Å². The zero-order valence-corrected chi connectivity index (χ0v) is 9.45. The predicted octanol–water partition coefficient (Wildman–Crippen LogP) is 1.43. The lowest BCUT2D eigenvalue weighted by atomic mass is 10.1. The second kappa shape index (κ2) is 4.95. The van der Waals surface area contributed by atoms with Gasteiger partial charge in [0.25, 0.3) is 0 Å². The van der Waals surface area contributed by atoms with E-state index < -0.39 is 0 Å². The van der Waals surface area contributed by atoms with E-state index in [0.29, 0.717) is 11.6 Å². The van der Waals surface area contributed by atoms with E-state index >= 15 is 0 Å². The van der Waals surface area contributed by atoms with E-state index in [1.165, 1.54) is 6.42 Å². The number of aryl methyl sites for hydroxylation is 1. The molecule has 84 valence electrons. The molecule has 1 saturated heterocycles. The molecule has 1 aliphatic rings. The fourth-order valence-corrected chi connectivity index (χ4v) is 1.98. The molecule has 2 rings (SSSR count). The number of nitriles is 1. The zero-order valence-electron chi connectivity index (χ0n) is 9.45. The lowest BCUT2D eigenvalue weighted by Crippen LogP contribution is -2.38. The molecule has 0 radical (unpaired) electrons. The third kappa shape index (κ3) is 2.31. The maximum absolute atomic E-state index is 9.08. The Morgan fingerprint density at radius 3 is 3.19 bits per heavy atom. The van der Waals surface area contributed by atoms with Gasteiger partial charge in [0.1, 0.15) is 11.9 Å². The zero-order chi connectivity index (χ0) is 11.4. The summed E-state index contributed by atoms with van der Waals surface area (Å²) >= 11 is 0. The minimum Gasteiger partial charge on any atom is -0.365 e. The van der Waals surface area contributed by atoms with Crippen LogP contribution in [0.25, 0.3) is 0 Å². The minimum atomic E-state index is 0.384. The van der Waals surface area contributed by atoms with E-state index in [2.05, 4.69) is 21.7 Å². The first-order chi connectivity index (χ1) is 7.81. The Morgan fingerprint density at radius 2 is 2.50 bits per heavy atom. The molecule has 0 spiro atoms. The molecule has 1 aromatic rings. The van der Waals surface area contributed by atoms with Crippen molar-refractivity contribution in [2.75, 3.05) is 18.4 Å². The molecule has 1 atom stereocenters. The van der Waals surface area contributed by atoms with E-state index in [0.717, 1.165) is 30.9 Å². The highest BCUT2D eigenvalue weighted by Gasteiger charge is 2.15. The number of piperidine rings is 1. The molecule has 1 unspecified atom stereocenters. The normalized spacial score (nSPS) is 20.1. The number of rotatable bonds is 2. The first kappa shape index (κ1) is 10.9. The Morgan fingerprint density at radius 1 is 1.62 bits per heavy atom. The van der Waals surface area contributed by atoms with Gasteiger partial charge in [0.15, 0.2) is 0 Å². The van der Waals surface area contributed by atoms with Crippen molar-refractivity contribution in [3.63, 3.8) is 0 Å². The van der Waals surface area contributed by atoms with Crippen LogP contribution in [0.5, 0.6) is 0 Å². The van der Waals surface area contributed by atoms with Crippen LogP contribution >= 0.6 is 0 Å². The summed E-state index contributed by atoms with van der Waals surface area (Å²) in [5, 5.41) is 15.8. The summed E-state index contributed by atoms with van der Waals surface area (Å²) in [7, 11) is 0. The monoisotopic (exact) mass is 216 g/mol. The van der Waals surface area contributed by atoms with Crippen LogP contribution in [0.4, 0.5) is 5.82 Å². The highest BCUT2D eigenvalue weighted by molar-refractivity contribution is 5.55. The molecule has 0 amide bonds. The lowest BCUT2D eigenvalue weighted by molar-refractivity contribution is 0.479. The average Bonchev–Trinajstić information content (AvgIpc) is 2.31. The SMILES string of the molecule is Cc1ccnc(NC2CCCNC2)c1C#N. The van der Waals surface area contributed by atoms with Crippen LogP contribution in [0.15, 0.2) is 12.3 Å². The maximum Gasteiger partial charge on any atom is 0.144 e. The van der Waals surface area contributed by atoms with Crippen LogP contribution in [-0.2, 0) is 0 Å². The summed E-state index contributed by atoms with van der Waals surface area (Å²) < 4.78 is 0. The molecule has 4 nitrogen and oxygen atoms in total. The van der Waals surface area contributed by atoms with Crippen LogP contribution in [0.1, 0.15) is 24.0 Å². The number of anilines is 1. The molecule has 0 aliphatic carbocycles. The van der Waals surface area contributed by atoms with E-state index in [1.54, 1.807) is 6.20 Å². The van der Waals surface area contributed by atoms with Gasteiger partial charge in [-0.2, -0.15) is 5.26 Å². The van der Waals surface area contributed by atoms with Crippen LogP contribution < -0.4 is 10.6 Å². The Bertz CT molecular complexity index is 402. The van der Waals surface area contributed by atoms with Crippen molar-refractivity contribution in [1.29, 1.82) is 5.26 Å². The van der Waals surface area contributed by atoms with Gasteiger partial charge < -0.3 is 10.6 Å². The maximum atomic E-state index is 9.08. The van der Waals surface area contributed by atoms with E-state index in [-0.39, 0.29) is 0 Å². The van der Waals surface area contributed by atoms with Gasteiger partial charge in [0.05, 0.1) is 5.56 Å². The average molecular weight is 216 g/mol. The molecule has 2 N–H and O–H groups in total. The van der Waals surface area contributed by atoms with E-state index in [9.17, 15) is 0 Å². The topological polar surface area (TPSA) is 60.7 Å². The van der Waals surface area contributed by atoms with Gasteiger partial charge in [-0.05, 0) is 37.9 Å². The van der Waals surface area contributed by atoms with E-state index in [1.807, 2.05) is 13.0 Å². The van der Waals surface area contributed by atoms with Crippen molar-refractivity contribution in [3.05, 3.63) is 23.4 Å². The van der Waals surface area contributed by atoms with Crippen molar-refractivity contribution >= 4 is 5.82 Å². The smallest absolute Gasteiger partial charge is 0.144 e. The molecular weight excluding hydrogens is 200 g/mol. The fraction of sp³-hybridized carbons (Fsp3) is 0.500. The summed E-state index contributed by atoms with van der Waals surface area (Å²) in [6.07, 6.45) is 4.05. The van der Waals surface area contributed by atoms with Gasteiger partial charge in [-0.15, -0.1) is 0 Å². The van der Waals surface area contributed by atoms with Gasteiger partial charge in [-0.1, -0.05) is 0 Å². The van der Waals surface area contributed by atoms with Crippen LogP contribution in [0.3, 0.4) is 0 Å². The largest absolute Gasteiger partial charge is 0.365 e. The molecule has 0 aromatic carbocycles. The first-order valence-corrected chi connectivity index (χ1v) is 5.64. The predicted molar refractivity (Wildman–Crippen MR) is 63.2 cm³/mol. The number of aromatic nitrogens is 1. The summed E-state index contributed by atoms with van der Waals surface area (Å²) in [5.74, 6) is 0.719. The summed E-state index contributed by atoms with van der Waals surface area (Å²) in [6, 6.07) is 4.46. The molecule has 1 aromatic heterocycles. The Kier molecular flexibility index (Phi) is 3.37. The van der Waals surface area contributed by atoms with Crippen molar-refractivity contribution < 1.29 is 0 Å². The Labute approximate surface area is 95.7 Å². The summed E-state index contributed by atoms with van der Waals surface area (Å²) in [5.41, 5.74) is 1.64. The number of nitrogens with zero attached hydrogens (tertiary/aromatic N) is 2. The molecular formula is C12H16N4. The quantitative estimate of drug-likeness (QED) is 0.785. The summed E-state index contributed by atoms with van der Waals surface area (Å²) in [6.45, 7) is 3.97. The molecule has 0 bridgehead atoms. The molecule has 4 heteroatoms. The molecule has 16 heavy (non-hydrogen) atoms. The number of hydrogen-bond acceptors (Lipinski definition) is 4. The number of nitrogens with one attached hydrogen (secondary N) is 2. The van der Waals surface area contributed by atoms with Gasteiger partial charge in [-0.25, -0.2) is 4.98 Å².